The maximum absolute atomic E-state index is 13.3. The first-order valence-corrected chi connectivity index (χ1v) is 12.6. The molecule has 2 fully saturated rings. The lowest BCUT2D eigenvalue weighted by molar-refractivity contribution is 0.0704. The molecule has 2 amide bonds. The Morgan fingerprint density at radius 1 is 0.714 bits per heavy atom. The third-order valence-electron chi connectivity index (χ3n) is 7.30. The molecule has 2 aliphatic rings. The van der Waals surface area contributed by atoms with Crippen LogP contribution in [0.1, 0.15) is 50.6 Å². The number of para-hydroxylation sites is 1. The largest absolute Gasteiger partial charge is 0.368 e. The van der Waals surface area contributed by atoms with Gasteiger partial charge in [-0.3, -0.25) is 9.59 Å². The molecule has 1 atom stereocenters. The van der Waals surface area contributed by atoms with Crippen molar-refractivity contribution in [2.45, 2.75) is 25.7 Å². The zero-order chi connectivity index (χ0) is 24.2. The zero-order valence-corrected chi connectivity index (χ0v) is 20.4. The van der Waals surface area contributed by atoms with Gasteiger partial charge in [-0.1, -0.05) is 48.0 Å². The average Bonchev–Trinajstić information content (AvgIpc) is 2.93. The van der Waals surface area contributed by atoms with Crippen LogP contribution in [-0.2, 0) is 0 Å². The van der Waals surface area contributed by atoms with E-state index in [0.29, 0.717) is 6.54 Å². The SMILES string of the molecule is Cc1ccc(C(=O)N2CCC[C@H](c3cccc(C(=O)N4CCN(c5ccccc5)CC4)c3)C2)cc1. The fourth-order valence-electron chi connectivity index (χ4n) is 5.23. The Morgan fingerprint density at radius 2 is 1.43 bits per heavy atom. The lowest BCUT2D eigenvalue weighted by Crippen LogP contribution is -2.48. The molecule has 2 heterocycles. The molecule has 0 aromatic heterocycles. The number of carbonyl (C=O) groups is 2. The molecule has 2 saturated heterocycles. The molecule has 5 nitrogen and oxygen atoms in total. The van der Waals surface area contributed by atoms with Crippen LogP contribution in [0.2, 0.25) is 0 Å². The van der Waals surface area contributed by atoms with E-state index in [9.17, 15) is 9.59 Å². The molecule has 0 saturated carbocycles. The molecule has 3 aromatic carbocycles. The van der Waals surface area contributed by atoms with Gasteiger partial charge in [0.25, 0.3) is 11.8 Å². The first-order chi connectivity index (χ1) is 17.1. The Morgan fingerprint density at radius 3 is 2.17 bits per heavy atom. The lowest BCUT2D eigenvalue weighted by atomic mass is 9.89. The van der Waals surface area contributed by atoms with E-state index in [0.717, 1.165) is 67.8 Å². The van der Waals surface area contributed by atoms with Crippen LogP contribution in [0, 0.1) is 6.92 Å². The third-order valence-corrected chi connectivity index (χ3v) is 7.30. The quantitative estimate of drug-likeness (QED) is 0.544. The van der Waals surface area contributed by atoms with E-state index in [4.69, 9.17) is 0 Å². The highest BCUT2D eigenvalue weighted by Crippen LogP contribution is 2.29. The molecule has 5 rings (SSSR count). The van der Waals surface area contributed by atoms with Crippen molar-refractivity contribution in [1.29, 1.82) is 0 Å². The Labute approximate surface area is 208 Å². The molecule has 0 spiro atoms. The second-order valence-electron chi connectivity index (χ2n) is 9.70. The number of rotatable bonds is 4. The average molecular weight is 468 g/mol. The van der Waals surface area contributed by atoms with Crippen molar-refractivity contribution >= 4 is 17.5 Å². The standard InChI is InChI=1S/C30H33N3O2/c1-23-12-14-24(15-13-23)29(34)33-16-6-9-27(22-33)25-7-5-8-26(21-25)30(35)32-19-17-31(18-20-32)28-10-3-2-4-11-28/h2-5,7-8,10-15,21,27H,6,9,16-20,22H2,1H3/t27-/m0/s1. The van der Waals surface area contributed by atoms with Gasteiger partial charge in [-0.05, 0) is 61.7 Å². The molecule has 0 bridgehead atoms. The van der Waals surface area contributed by atoms with Crippen LogP contribution in [0.15, 0.2) is 78.9 Å². The number of benzene rings is 3. The first kappa shape index (κ1) is 23.2. The number of piperidine rings is 1. The van der Waals surface area contributed by atoms with Gasteiger partial charge in [0.15, 0.2) is 0 Å². The van der Waals surface area contributed by atoms with Crippen molar-refractivity contribution in [1.82, 2.24) is 9.80 Å². The Balaban J connectivity index is 1.23. The summed E-state index contributed by atoms with van der Waals surface area (Å²) in [5.41, 5.74) is 5.01. The van der Waals surface area contributed by atoms with E-state index in [-0.39, 0.29) is 17.7 Å². The molecule has 35 heavy (non-hydrogen) atoms. The Kier molecular flexibility index (Phi) is 6.84. The van der Waals surface area contributed by atoms with Crippen LogP contribution in [0.4, 0.5) is 5.69 Å². The minimum Gasteiger partial charge on any atom is -0.368 e. The maximum atomic E-state index is 13.3. The van der Waals surface area contributed by atoms with Crippen molar-refractivity contribution in [2.24, 2.45) is 0 Å². The fourth-order valence-corrected chi connectivity index (χ4v) is 5.23. The minimum atomic E-state index is 0.0956. The van der Waals surface area contributed by atoms with Gasteiger partial charge in [-0.15, -0.1) is 0 Å². The number of carbonyl (C=O) groups excluding carboxylic acids is 2. The summed E-state index contributed by atoms with van der Waals surface area (Å²) in [6.45, 7) is 6.64. The molecule has 5 heteroatoms. The van der Waals surface area contributed by atoms with E-state index in [1.165, 1.54) is 5.69 Å². The normalized spacial score (nSPS) is 18.4. The minimum absolute atomic E-state index is 0.0956. The van der Waals surface area contributed by atoms with Crippen molar-refractivity contribution in [2.75, 3.05) is 44.2 Å². The molecule has 0 radical (unpaired) electrons. The van der Waals surface area contributed by atoms with Gasteiger partial charge in [-0.25, -0.2) is 0 Å². The van der Waals surface area contributed by atoms with Gasteiger partial charge in [0, 0.05) is 62.0 Å². The first-order valence-electron chi connectivity index (χ1n) is 12.6. The molecular formula is C30H33N3O2. The van der Waals surface area contributed by atoms with E-state index in [1.807, 2.05) is 59.2 Å². The summed E-state index contributed by atoms with van der Waals surface area (Å²) >= 11 is 0. The topological polar surface area (TPSA) is 43.9 Å². The van der Waals surface area contributed by atoms with Crippen molar-refractivity contribution in [3.63, 3.8) is 0 Å². The summed E-state index contributed by atoms with van der Waals surface area (Å²) in [6.07, 6.45) is 2.01. The van der Waals surface area contributed by atoms with Gasteiger partial charge >= 0.3 is 0 Å². The summed E-state index contributed by atoms with van der Waals surface area (Å²) in [5.74, 6) is 0.446. The maximum Gasteiger partial charge on any atom is 0.253 e. The van der Waals surface area contributed by atoms with Gasteiger partial charge in [0.05, 0.1) is 0 Å². The number of hydrogen-bond acceptors (Lipinski definition) is 3. The van der Waals surface area contributed by atoms with Gasteiger partial charge in [0.2, 0.25) is 0 Å². The van der Waals surface area contributed by atoms with Crippen LogP contribution >= 0.6 is 0 Å². The molecule has 3 aromatic rings. The predicted octanol–water partition coefficient (Wildman–Crippen LogP) is 4.98. The Hall–Kier alpha value is -3.60. The van der Waals surface area contributed by atoms with Crippen LogP contribution in [-0.4, -0.2) is 60.9 Å². The highest BCUT2D eigenvalue weighted by atomic mass is 16.2. The van der Waals surface area contributed by atoms with Crippen molar-refractivity contribution < 1.29 is 9.59 Å². The number of anilines is 1. The van der Waals surface area contributed by atoms with Crippen molar-refractivity contribution in [3.8, 4) is 0 Å². The molecule has 0 unspecified atom stereocenters. The van der Waals surface area contributed by atoms with Gasteiger partial charge in [0.1, 0.15) is 0 Å². The van der Waals surface area contributed by atoms with Crippen LogP contribution in [0.3, 0.4) is 0 Å². The lowest BCUT2D eigenvalue weighted by Gasteiger charge is -2.36. The second kappa shape index (κ2) is 10.3. The fraction of sp³-hybridized carbons (Fsp3) is 0.333. The van der Waals surface area contributed by atoms with E-state index in [2.05, 4.69) is 41.3 Å². The van der Waals surface area contributed by atoms with E-state index >= 15 is 0 Å². The number of likely N-dealkylation sites (tertiary alicyclic amines) is 1. The summed E-state index contributed by atoms with van der Waals surface area (Å²) in [6, 6.07) is 26.3. The number of aryl methyl sites for hydroxylation is 1. The monoisotopic (exact) mass is 467 g/mol. The zero-order valence-electron chi connectivity index (χ0n) is 20.4. The summed E-state index contributed by atoms with van der Waals surface area (Å²) in [7, 11) is 0. The highest BCUT2D eigenvalue weighted by molar-refractivity contribution is 5.95. The smallest absolute Gasteiger partial charge is 0.253 e. The van der Waals surface area contributed by atoms with Gasteiger partial charge < -0.3 is 14.7 Å². The van der Waals surface area contributed by atoms with Crippen LogP contribution in [0.25, 0.3) is 0 Å². The van der Waals surface area contributed by atoms with Crippen LogP contribution in [0.5, 0.6) is 0 Å². The predicted molar refractivity (Wildman–Crippen MR) is 140 cm³/mol. The summed E-state index contributed by atoms with van der Waals surface area (Å²) < 4.78 is 0. The van der Waals surface area contributed by atoms with Gasteiger partial charge in [-0.2, -0.15) is 0 Å². The molecular weight excluding hydrogens is 434 g/mol. The second-order valence-corrected chi connectivity index (χ2v) is 9.70. The number of hydrogen-bond donors (Lipinski definition) is 0. The third kappa shape index (κ3) is 5.24. The summed E-state index contributed by atoms with van der Waals surface area (Å²) in [5, 5.41) is 0. The summed E-state index contributed by atoms with van der Waals surface area (Å²) in [4.78, 5) is 32.6. The van der Waals surface area contributed by atoms with E-state index < -0.39 is 0 Å². The number of nitrogens with zero attached hydrogens (tertiary/aromatic N) is 3. The molecule has 180 valence electrons. The molecule has 2 aliphatic heterocycles. The molecule has 0 aliphatic carbocycles. The van der Waals surface area contributed by atoms with Crippen molar-refractivity contribution in [3.05, 3.63) is 101 Å². The number of piperazine rings is 1. The van der Waals surface area contributed by atoms with E-state index in [1.54, 1.807) is 0 Å². The highest BCUT2D eigenvalue weighted by Gasteiger charge is 2.27. The Bertz CT molecular complexity index is 1170. The van der Waals surface area contributed by atoms with Crippen LogP contribution < -0.4 is 4.90 Å². The molecule has 0 N–H and O–H groups in total. The number of amides is 2.